The van der Waals surface area contributed by atoms with Crippen molar-refractivity contribution in [1.29, 1.82) is 0 Å². The van der Waals surface area contributed by atoms with Crippen molar-refractivity contribution in [2.24, 2.45) is 0 Å². The summed E-state index contributed by atoms with van der Waals surface area (Å²) in [5, 5.41) is 0. The van der Waals surface area contributed by atoms with Crippen LogP contribution in [0, 0.1) is 0 Å². The molecule has 0 atom stereocenters. The van der Waals surface area contributed by atoms with Crippen molar-refractivity contribution in [3.63, 3.8) is 0 Å². The summed E-state index contributed by atoms with van der Waals surface area (Å²) < 4.78 is 5.07. The summed E-state index contributed by atoms with van der Waals surface area (Å²) in [6, 6.07) is 1.81. The average molecular weight is 220 g/mol. The van der Waals surface area contributed by atoms with E-state index in [2.05, 4.69) is 27.9 Å². The van der Waals surface area contributed by atoms with Crippen LogP contribution in [0.3, 0.4) is 0 Å². The van der Waals surface area contributed by atoms with Crippen LogP contribution in [-0.2, 0) is 0 Å². The molecule has 0 aliphatic carbocycles. The number of nitrogens with zero attached hydrogens (tertiary/aromatic N) is 3. The lowest BCUT2D eigenvalue weighted by Crippen LogP contribution is -2.29. The highest BCUT2D eigenvalue weighted by molar-refractivity contribution is 5.47. The molecule has 0 bridgehead atoms. The van der Waals surface area contributed by atoms with Crippen LogP contribution >= 0.6 is 0 Å². The van der Waals surface area contributed by atoms with Crippen molar-refractivity contribution in [3.05, 3.63) is 17.7 Å². The molecule has 0 spiro atoms. The maximum atomic E-state index is 5.62. The van der Waals surface area contributed by atoms with Gasteiger partial charge in [-0.2, -0.15) is 9.97 Å². The van der Waals surface area contributed by atoms with E-state index in [0.29, 0.717) is 5.88 Å². The number of hydrogen-bond acceptors (Lipinski definition) is 5. The second-order valence-corrected chi connectivity index (χ2v) is 3.87. The van der Waals surface area contributed by atoms with Crippen molar-refractivity contribution in [2.45, 2.75) is 13.3 Å². The third-order valence-corrected chi connectivity index (χ3v) is 2.68. The Kier molecular flexibility index (Phi) is 2.94. The summed E-state index contributed by atoms with van der Waals surface area (Å²) >= 11 is 0. The number of rotatable bonds is 2. The molecule has 2 rings (SSSR count). The Morgan fingerprint density at radius 1 is 1.44 bits per heavy atom. The summed E-state index contributed by atoms with van der Waals surface area (Å²) in [6.07, 6.45) is 3.26. The summed E-state index contributed by atoms with van der Waals surface area (Å²) in [7, 11) is 1.58. The number of hydrogen-bond donors (Lipinski definition) is 1. The van der Waals surface area contributed by atoms with Gasteiger partial charge in [-0.1, -0.05) is 11.6 Å². The molecule has 2 N–H and O–H groups in total. The van der Waals surface area contributed by atoms with E-state index in [1.165, 1.54) is 5.57 Å². The molecule has 0 amide bonds. The standard InChI is InChI=1S/C11H16N4O/c1-8-3-5-15(6-4-8)9-7-10(16-2)14-11(12)13-9/h3,7H,4-6H2,1-2H3,(H2,12,13,14). The molecular formula is C11H16N4O. The lowest BCUT2D eigenvalue weighted by molar-refractivity contribution is 0.397. The van der Waals surface area contributed by atoms with Crippen LogP contribution in [0.4, 0.5) is 11.8 Å². The van der Waals surface area contributed by atoms with Gasteiger partial charge in [-0.25, -0.2) is 0 Å². The third-order valence-electron chi connectivity index (χ3n) is 2.68. The fourth-order valence-electron chi connectivity index (χ4n) is 1.68. The van der Waals surface area contributed by atoms with E-state index in [0.717, 1.165) is 25.3 Å². The SMILES string of the molecule is COc1cc(N2CC=C(C)CC2)nc(N)n1. The van der Waals surface area contributed by atoms with Crippen molar-refractivity contribution in [3.8, 4) is 5.88 Å². The smallest absolute Gasteiger partial charge is 0.225 e. The van der Waals surface area contributed by atoms with E-state index < -0.39 is 0 Å². The van der Waals surface area contributed by atoms with Crippen LogP contribution in [0.2, 0.25) is 0 Å². The topological polar surface area (TPSA) is 64.3 Å². The number of aromatic nitrogens is 2. The van der Waals surface area contributed by atoms with Gasteiger partial charge in [0.15, 0.2) is 0 Å². The second kappa shape index (κ2) is 4.38. The van der Waals surface area contributed by atoms with Crippen LogP contribution in [0.15, 0.2) is 17.7 Å². The van der Waals surface area contributed by atoms with Crippen LogP contribution in [-0.4, -0.2) is 30.2 Å². The molecule has 0 saturated carbocycles. The first-order valence-corrected chi connectivity index (χ1v) is 5.28. The maximum absolute atomic E-state index is 5.62. The number of ether oxygens (including phenoxy) is 1. The van der Waals surface area contributed by atoms with Crippen molar-refractivity contribution >= 4 is 11.8 Å². The molecule has 1 aliphatic rings. The van der Waals surface area contributed by atoms with Crippen LogP contribution < -0.4 is 15.4 Å². The minimum Gasteiger partial charge on any atom is -0.481 e. The van der Waals surface area contributed by atoms with E-state index >= 15 is 0 Å². The fourth-order valence-corrected chi connectivity index (χ4v) is 1.68. The predicted octanol–water partition coefficient (Wildman–Crippen LogP) is 1.22. The predicted molar refractivity (Wildman–Crippen MR) is 63.6 cm³/mol. The summed E-state index contributed by atoms with van der Waals surface area (Å²) in [6.45, 7) is 3.97. The van der Waals surface area contributed by atoms with Gasteiger partial charge in [0.05, 0.1) is 7.11 Å². The lowest BCUT2D eigenvalue weighted by atomic mass is 10.1. The largest absolute Gasteiger partial charge is 0.481 e. The molecule has 0 aromatic carbocycles. The molecule has 5 heteroatoms. The van der Waals surface area contributed by atoms with Gasteiger partial charge < -0.3 is 15.4 Å². The van der Waals surface area contributed by atoms with Gasteiger partial charge in [0, 0.05) is 19.2 Å². The van der Waals surface area contributed by atoms with Crippen LogP contribution in [0.25, 0.3) is 0 Å². The molecular weight excluding hydrogens is 204 g/mol. The highest BCUT2D eigenvalue weighted by Gasteiger charge is 2.13. The molecule has 86 valence electrons. The Labute approximate surface area is 94.9 Å². The molecule has 0 saturated heterocycles. The molecule has 1 aromatic heterocycles. The first-order valence-electron chi connectivity index (χ1n) is 5.28. The molecule has 1 aliphatic heterocycles. The third kappa shape index (κ3) is 2.24. The van der Waals surface area contributed by atoms with Crippen molar-refractivity contribution in [2.75, 3.05) is 30.8 Å². The van der Waals surface area contributed by atoms with Gasteiger partial charge in [-0.15, -0.1) is 0 Å². The Morgan fingerprint density at radius 3 is 2.88 bits per heavy atom. The van der Waals surface area contributed by atoms with Crippen molar-refractivity contribution in [1.82, 2.24) is 9.97 Å². The van der Waals surface area contributed by atoms with Gasteiger partial charge >= 0.3 is 0 Å². The first-order chi connectivity index (χ1) is 7.69. The number of methoxy groups -OCH3 is 1. The minimum absolute atomic E-state index is 0.251. The van der Waals surface area contributed by atoms with E-state index in [4.69, 9.17) is 10.5 Å². The Bertz CT molecular complexity index is 416. The zero-order chi connectivity index (χ0) is 11.5. The van der Waals surface area contributed by atoms with E-state index in [1.807, 2.05) is 6.07 Å². The molecule has 1 aromatic rings. The zero-order valence-electron chi connectivity index (χ0n) is 9.60. The minimum atomic E-state index is 0.251. The molecule has 2 heterocycles. The van der Waals surface area contributed by atoms with Crippen molar-refractivity contribution < 1.29 is 4.74 Å². The number of nitrogens with two attached hydrogens (primary N) is 1. The van der Waals surface area contributed by atoms with Crippen LogP contribution in [0.5, 0.6) is 5.88 Å². The summed E-state index contributed by atoms with van der Waals surface area (Å²) in [5.74, 6) is 1.59. The maximum Gasteiger partial charge on any atom is 0.225 e. The van der Waals surface area contributed by atoms with Crippen LogP contribution in [0.1, 0.15) is 13.3 Å². The second-order valence-electron chi connectivity index (χ2n) is 3.87. The Morgan fingerprint density at radius 2 is 2.25 bits per heavy atom. The highest BCUT2D eigenvalue weighted by atomic mass is 16.5. The molecule has 0 unspecified atom stereocenters. The van der Waals surface area contributed by atoms with Gasteiger partial charge in [0.25, 0.3) is 0 Å². The van der Waals surface area contributed by atoms with E-state index in [1.54, 1.807) is 7.11 Å². The number of anilines is 2. The Hall–Kier alpha value is -1.78. The van der Waals surface area contributed by atoms with E-state index in [9.17, 15) is 0 Å². The van der Waals surface area contributed by atoms with Gasteiger partial charge in [0.2, 0.25) is 11.8 Å². The van der Waals surface area contributed by atoms with Gasteiger partial charge in [-0.05, 0) is 13.3 Å². The first kappa shape index (κ1) is 10.7. The van der Waals surface area contributed by atoms with Gasteiger partial charge in [-0.3, -0.25) is 0 Å². The fraction of sp³-hybridized carbons (Fsp3) is 0.455. The molecule has 0 radical (unpaired) electrons. The molecule has 16 heavy (non-hydrogen) atoms. The summed E-state index contributed by atoms with van der Waals surface area (Å²) in [4.78, 5) is 10.3. The monoisotopic (exact) mass is 220 g/mol. The number of nitrogen functional groups attached to an aromatic ring is 1. The lowest BCUT2D eigenvalue weighted by Gasteiger charge is -2.26. The average Bonchev–Trinajstić information content (AvgIpc) is 2.29. The quantitative estimate of drug-likeness (QED) is 0.759. The summed E-state index contributed by atoms with van der Waals surface area (Å²) in [5.41, 5.74) is 7.05. The van der Waals surface area contributed by atoms with Gasteiger partial charge in [0.1, 0.15) is 5.82 Å². The van der Waals surface area contributed by atoms with E-state index in [-0.39, 0.29) is 5.95 Å². The normalized spacial score (nSPS) is 15.9. The molecule has 0 fully saturated rings. The zero-order valence-corrected chi connectivity index (χ0v) is 9.60. The molecule has 5 nitrogen and oxygen atoms in total. The highest BCUT2D eigenvalue weighted by Crippen LogP contribution is 2.21. The Balaban J connectivity index is 2.23.